The molecule has 1 N–H and O–H groups in total. The molecule has 106 valence electrons. The number of hydrogen-bond donors (Lipinski definition) is 1. The molecule has 2 heterocycles. The largest absolute Gasteiger partial charge is 0.467 e. The van der Waals surface area contributed by atoms with Gasteiger partial charge in [0, 0.05) is 12.6 Å². The van der Waals surface area contributed by atoms with Crippen LogP contribution >= 0.6 is 0 Å². The van der Waals surface area contributed by atoms with Gasteiger partial charge < -0.3 is 14.4 Å². The first-order valence-electron chi connectivity index (χ1n) is 6.50. The van der Waals surface area contributed by atoms with Gasteiger partial charge in [-0.05, 0) is 38.8 Å². The molecule has 1 fully saturated rings. The summed E-state index contributed by atoms with van der Waals surface area (Å²) in [5.74, 6) is 0.263. The number of rotatable bonds is 4. The van der Waals surface area contributed by atoms with Crippen molar-refractivity contribution in [3.05, 3.63) is 17.5 Å². The van der Waals surface area contributed by atoms with Gasteiger partial charge >= 0.3 is 5.97 Å². The topological polar surface area (TPSA) is 75.8 Å². The van der Waals surface area contributed by atoms with Gasteiger partial charge in [-0.2, -0.15) is 0 Å². The fourth-order valence-electron chi connectivity index (χ4n) is 2.46. The van der Waals surface area contributed by atoms with Crippen LogP contribution in [0.15, 0.2) is 10.6 Å². The molecule has 0 aromatic carbocycles. The first-order chi connectivity index (χ1) is 9.10. The third-order valence-corrected chi connectivity index (χ3v) is 3.58. The monoisotopic (exact) mass is 268 g/mol. The maximum atomic E-state index is 11.3. The average Bonchev–Trinajstić information content (AvgIpc) is 2.83. The number of likely N-dealkylation sites (tertiary alicyclic amines) is 1. The molecule has 1 atom stereocenters. The van der Waals surface area contributed by atoms with Crippen molar-refractivity contribution in [2.45, 2.75) is 32.4 Å². The number of carbonyl (C=O) groups is 1. The molecule has 1 aliphatic rings. The van der Waals surface area contributed by atoms with Gasteiger partial charge in [0.15, 0.2) is 6.10 Å². The van der Waals surface area contributed by atoms with Crippen molar-refractivity contribution in [2.75, 3.05) is 20.2 Å². The van der Waals surface area contributed by atoms with Crippen LogP contribution in [0.5, 0.6) is 0 Å². The van der Waals surface area contributed by atoms with E-state index in [1.54, 1.807) is 0 Å². The summed E-state index contributed by atoms with van der Waals surface area (Å²) in [5, 5.41) is 13.8. The molecule has 6 heteroatoms. The second-order valence-corrected chi connectivity index (χ2v) is 5.01. The Morgan fingerprint density at radius 2 is 2.32 bits per heavy atom. The van der Waals surface area contributed by atoms with E-state index in [1.807, 2.05) is 13.0 Å². The van der Waals surface area contributed by atoms with Crippen LogP contribution in [0.3, 0.4) is 0 Å². The van der Waals surface area contributed by atoms with Crippen LogP contribution in [0.25, 0.3) is 0 Å². The SMILES string of the molecule is COC(=O)[C@@H](O)C1CCN(Cc2cc(C)on2)CC1. The number of methoxy groups -OCH3 is 1. The molecule has 1 aliphatic heterocycles. The third-order valence-electron chi connectivity index (χ3n) is 3.58. The highest BCUT2D eigenvalue weighted by Crippen LogP contribution is 2.22. The molecule has 0 spiro atoms. The van der Waals surface area contributed by atoms with Crippen LogP contribution in [0, 0.1) is 12.8 Å². The first kappa shape index (κ1) is 14.0. The zero-order valence-corrected chi connectivity index (χ0v) is 11.3. The smallest absolute Gasteiger partial charge is 0.334 e. The predicted molar refractivity (Wildman–Crippen MR) is 67.3 cm³/mol. The molecular weight excluding hydrogens is 248 g/mol. The lowest BCUT2D eigenvalue weighted by atomic mass is 9.91. The number of aliphatic hydroxyl groups is 1. The maximum Gasteiger partial charge on any atom is 0.334 e. The van der Waals surface area contributed by atoms with E-state index in [0.717, 1.165) is 43.9 Å². The Balaban J connectivity index is 1.80. The standard InChI is InChI=1S/C13H20N2O4/c1-9-7-11(14-19-9)8-15-5-3-10(4-6-15)12(16)13(17)18-2/h7,10,12,16H,3-6,8H2,1-2H3/t12-/m0/s1. The number of hydrogen-bond acceptors (Lipinski definition) is 6. The van der Waals surface area contributed by atoms with Gasteiger partial charge in [-0.1, -0.05) is 5.16 Å². The van der Waals surface area contributed by atoms with Crippen molar-refractivity contribution in [3.63, 3.8) is 0 Å². The summed E-state index contributed by atoms with van der Waals surface area (Å²) in [6.07, 6.45) is 0.571. The number of esters is 1. The minimum atomic E-state index is -0.999. The van der Waals surface area contributed by atoms with Crippen molar-refractivity contribution in [1.82, 2.24) is 10.1 Å². The number of aromatic nitrogens is 1. The zero-order chi connectivity index (χ0) is 13.8. The number of carbonyl (C=O) groups excluding carboxylic acids is 1. The van der Waals surface area contributed by atoms with E-state index in [4.69, 9.17) is 4.52 Å². The molecule has 0 aliphatic carbocycles. The second kappa shape index (κ2) is 6.16. The molecule has 0 bridgehead atoms. The molecule has 0 radical (unpaired) electrons. The summed E-state index contributed by atoms with van der Waals surface area (Å²) >= 11 is 0. The van der Waals surface area contributed by atoms with Gasteiger partial charge in [0.05, 0.1) is 12.8 Å². The fourth-order valence-corrected chi connectivity index (χ4v) is 2.46. The highest BCUT2D eigenvalue weighted by atomic mass is 16.5. The quantitative estimate of drug-likeness (QED) is 0.811. The fraction of sp³-hybridized carbons (Fsp3) is 0.692. The predicted octanol–water partition coefficient (Wildman–Crippen LogP) is 0.729. The van der Waals surface area contributed by atoms with Gasteiger partial charge in [0.1, 0.15) is 5.76 Å². The Morgan fingerprint density at radius 3 is 2.84 bits per heavy atom. The summed E-state index contributed by atoms with van der Waals surface area (Å²) in [7, 11) is 1.30. The lowest BCUT2D eigenvalue weighted by Gasteiger charge is -2.32. The molecule has 1 aromatic rings. The average molecular weight is 268 g/mol. The maximum absolute atomic E-state index is 11.3. The van der Waals surface area contributed by atoms with Gasteiger partial charge in [-0.15, -0.1) is 0 Å². The molecule has 1 aromatic heterocycles. The van der Waals surface area contributed by atoms with E-state index in [1.165, 1.54) is 7.11 Å². The molecule has 2 rings (SSSR count). The van der Waals surface area contributed by atoms with Crippen molar-refractivity contribution < 1.29 is 19.2 Å². The van der Waals surface area contributed by atoms with Crippen LogP contribution in [0.4, 0.5) is 0 Å². The molecule has 6 nitrogen and oxygen atoms in total. The first-order valence-corrected chi connectivity index (χ1v) is 6.50. The Hall–Kier alpha value is -1.40. The second-order valence-electron chi connectivity index (χ2n) is 5.01. The molecule has 0 saturated carbocycles. The number of nitrogens with zero attached hydrogens (tertiary/aromatic N) is 2. The van der Waals surface area contributed by atoms with Crippen molar-refractivity contribution >= 4 is 5.97 Å². The molecular formula is C13H20N2O4. The van der Waals surface area contributed by atoms with Crippen LogP contribution in [-0.2, 0) is 16.1 Å². The van der Waals surface area contributed by atoms with E-state index in [9.17, 15) is 9.90 Å². The third kappa shape index (κ3) is 3.54. The molecule has 0 amide bonds. The van der Waals surface area contributed by atoms with Gasteiger partial charge in [0.2, 0.25) is 0 Å². The molecule has 0 unspecified atom stereocenters. The lowest BCUT2D eigenvalue weighted by Crippen LogP contribution is -2.40. The number of ether oxygens (including phenoxy) is 1. The zero-order valence-electron chi connectivity index (χ0n) is 11.3. The normalized spacial score (nSPS) is 19.3. The van der Waals surface area contributed by atoms with Crippen LogP contribution in [0.2, 0.25) is 0 Å². The van der Waals surface area contributed by atoms with Gasteiger partial charge in [-0.25, -0.2) is 4.79 Å². The summed E-state index contributed by atoms with van der Waals surface area (Å²) in [4.78, 5) is 13.5. The highest BCUT2D eigenvalue weighted by molar-refractivity contribution is 5.74. The number of piperidine rings is 1. The molecule has 1 saturated heterocycles. The van der Waals surface area contributed by atoms with E-state index >= 15 is 0 Å². The van der Waals surface area contributed by atoms with Crippen molar-refractivity contribution in [1.29, 1.82) is 0 Å². The summed E-state index contributed by atoms with van der Waals surface area (Å²) in [6, 6.07) is 1.93. The van der Waals surface area contributed by atoms with Crippen molar-refractivity contribution in [3.8, 4) is 0 Å². The number of aryl methyl sites for hydroxylation is 1. The Bertz CT molecular complexity index is 424. The van der Waals surface area contributed by atoms with Crippen LogP contribution < -0.4 is 0 Å². The van der Waals surface area contributed by atoms with Gasteiger partial charge in [0.25, 0.3) is 0 Å². The Kier molecular flexibility index (Phi) is 4.55. The van der Waals surface area contributed by atoms with E-state index in [-0.39, 0.29) is 5.92 Å². The number of aliphatic hydroxyl groups excluding tert-OH is 1. The van der Waals surface area contributed by atoms with E-state index in [2.05, 4.69) is 14.8 Å². The summed E-state index contributed by atoms with van der Waals surface area (Å²) < 4.78 is 9.60. The van der Waals surface area contributed by atoms with Crippen molar-refractivity contribution in [2.24, 2.45) is 5.92 Å². The van der Waals surface area contributed by atoms with Gasteiger partial charge in [-0.3, -0.25) is 4.90 Å². The molecule has 19 heavy (non-hydrogen) atoms. The Labute approximate surface area is 112 Å². The van der Waals surface area contributed by atoms with Crippen LogP contribution in [-0.4, -0.2) is 47.4 Å². The Morgan fingerprint density at radius 1 is 1.63 bits per heavy atom. The highest BCUT2D eigenvalue weighted by Gasteiger charge is 2.30. The van der Waals surface area contributed by atoms with E-state index < -0.39 is 12.1 Å². The van der Waals surface area contributed by atoms with E-state index in [0.29, 0.717) is 0 Å². The lowest BCUT2D eigenvalue weighted by molar-refractivity contribution is -0.154. The van der Waals surface area contributed by atoms with Crippen LogP contribution in [0.1, 0.15) is 24.3 Å². The minimum absolute atomic E-state index is 0.0113. The summed E-state index contributed by atoms with van der Waals surface area (Å²) in [6.45, 7) is 4.29. The minimum Gasteiger partial charge on any atom is -0.467 e. The summed E-state index contributed by atoms with van der Waals surface area (Å²) in [5.41, 5.74) is 0.921.